The Hall–Kier alpha value is -1.97. The van der Waals surface area contributed by atoms with Crippen molar-refractivity contribution >= 4 is 0 Å². The average Bonchev–Trinajstić information content (AvgIpc) is 2.84. The SMILES string of the molecule is Cc1cnc(-c2ccc3c(c2)OCO3)[nH]1. The molecule has 0 aliphatic carbocycles. The van der Waals surface area contributed by atoms with Crippen LogP contribution in [0.4, 0.5) is 0 Å². The van der Waals surface area contributed by atoms with Crippen LogP contribution in [0.25, 0.3) is 11.4 Å². The molecule has 1 aliphatic rings. The van der Waals surface area contributed by atoms with E-state index in [1.54, 1.807) is 6.20 Å². The van der Waals surface area contributed by atoms with Gasteiger partial charge in [0.1, 0.15) is 5.82 Å². The lowest BCUT2D eigenvalue weighted by Gasteiger charge is -1.99. The predicted molar refractivity (Wildman–Crippen MR) is 54.9 cm³/mol. The van der Waals surface area contributed by atoms with Gasteiger partial charge in [0.15, 0.2) is 11.5 Å². The Morgan fingerprint density at radius 3 is 2.93 bits per heavy atom. The summed E-state index contributed by atoms with van der Waals surface area (Å²) in [6.45, 7) is 2.28. The first-order valence-electron chi connectivity index (χ1n) is 4.74. The summed E-state index contributed by atoms with van der Waals surface area (Å²) in [5.41, 5.74) is 2.05. The summed E-state index contributed by atoms with van der Waals surface area (Å²) in [6, 6.07) is 5.79. The van der Waals surface area contributed by atoms with E-state index in [1.807, 2.05) is 25.1 Å². The second-order valence-electron chi connectivity index (χ2n) is 3.48. The number of hydrogen-bond donors (Lipinski definition) is 1. The molecule has 2 heterocycles. The largest absolute Gasteiger partial charge is 0.454 e. The molecule has 15 heavy (non-hydrogen) atoms. The number of imidazole rings is 1. The van der Waals surface area contributed by atoms with Gasteiger partial charge in [-0.05, 0) is 25.1 Å². The van der Waals surface area contributed by atoms with Crippen LogP contribution in [-0.4, -0.2) is 16.8 Å². The third-order valence-electron chi connectivity index (χ3n) is 2.35. The topological polar surface area (TPSA) is 47.1 Å². The van der Waals surface area contributed by atoms with E-state index in [0.29, 0.717) is 6.79 Å². The first kappa shape index (κ1) is 8.35. The van der Waals surface area contributed by atoms with Crippen LogP contribution < -0.4 is 9.47 Å². The maximum absolute atomic E-state index is 5.30. The molecule has 0 saturated carbocycles. The fourth-order valence-corrected chi connectivity index (χ4v) is 1.60. The number of nitrogens with zero attached hydrogens (tertiary/aromatic N) is 1. The van der Waals surface area contributed by atoms with Gasteiger partial charge in [-0.1, -0.05) is 0 Å². The van der Waals surface area contributed by atoms with E-state index in [0.717, 1.165) is 28.6 Å². The van der Waals surface area contributed by atoms with E-state index >= 15 is 0 Å². The highest BCUT2D eigenvalue weighted by Crippen LogP contribution is 2.34. The van der Waals surface area contributed by atoms with Crippen LogP contribution in [0.1, 0.15) is 5.69 Å². The highest BCUT2D eigenvalue weighted by atomic mass is 16.7. The Morgan fingerprint density at radius 2 is 2.13 bits per heavy atom. The summed E-state index contributed by atoms with van der Waals surface area (Å²) in [5, 5.41) is 0. The van der Waals surface area contributed by atoms with Crippen LogP contribution in [0.5, 0.6) is 11.5 Å². The number of aromatic nitrogens is 2. The molecule has 0 spiro atoms. The normalized spacial score (nSPS) is 13.1. The molecule has 1 aliphatic heterocycles. The van der Waals surface area contributed by atoms with E-state index in [-0.39, 0.29) is 0 Å². The summed E-state index contributed by atoms with van der Waals surface area (Å²) in [4.78, 5) is 7.44. The van der Waals surface area contributed by atoms with Crippen LogP contribution in [-0.2, 0) is 0 Å². The molecule has 0 saturated heterocycles. The van der Waals surface area contributed by atoms with E-state index in [9.17, 15) is 0 Å². The number of fused-ring (bicyclic) bond motifs is 1. The molecule has 1 aromatic carbocycles. The van der Waals surface area contributed by atoms with E-state index in [1.165, 1.54) is 0 Å². The average molecular weight is 202 g/mol. The molecule has 3 rings (SSSR count). The Balaban J connectivity index is 2.06. The van der Waals surface area contributed by atoms with E-state index < -0.39 is 0 Å². The molecule has 0 atom stereocenters. The molecule has 0 amide bonds. The lowest BCUT2D eigenvalue weighted by molar-refractivity contribution is 0.174. The van der Waals surface area contributed by atoms with Crippen molar-refractivity contribution in [3.63, 3.8) is 0 Å². The number of aromatic amines is 1. The number of hydrogen-bond acceptors (Lipinski definition) is 3. The standard InChI is InChI=1S/C11H10N2O2/c1-7-5-12-11(13-7)8-2-3-9-10(4-8)15-6-14-9/h2-5H,6H2,1H3,(H,12,13). The fraction of sp³-hybridized carbons (Fsp3) is 0.182. The number of nitrogens with one attached hydrogen (secondary N) is 1. The first-order valence-corrected chi connectivity index (χ1v) is 4.74. The van der Waals surface area contributed by atoms with Crippen LogP contribution in [0.3, 0.4) is 0 Å². The third kappa shape index (κ3) is 1.34. The lowest BCUT2D eigenvalue weighted by Crippen LogP contribution is -1.92. The van der Waals surface area contributed by atoms with Gasteiger partial charge in [-0.3, -0.25) is 0 Å². The van der Waals surface area contributed by atoms with Crippen molar-refractivity contribution in [1.29, 1.82) is 0 Å². The van der Waals surface area contributed by atoms with Gasteiger partial charge in [0.25, 0.3) is 0 Å². The number of aryl methyl sites for hydroxylation is 1. The van der Waals surface area contributed by atoms with Crippen LogP contribution in [0.2, 0.25) is 0 Å². The molecule has 0 unspecified atom stereocenters. The summed E-state index contributed by atoms with van der Waals surface area (Å²) in [6.07, 6.45) is 1.81. The van der Waals surface area contributed by atoms with Gasteiger partial charge in [0.2, 0.25) is 6.79 Å². The monoisotopic (exact) mass is 202 g/mol. The van der Waals surface area contributed by atoms with Crippen molar-refractivity contribution < 1.29 is 9.47 Å². The smallest absolute Gasteiger partial charge is 0.231 e. The van der Waals surface area contributed by atoms with Crippen molar-refractivity contribution in [3.8, 4) is 22.9 Å². The molecule has 4 nitrogen and oxygen atoms in total. The molecule has 1 aromatic heterocycles. The summed E-state index contributed by atoms with van der Waals surface area (Å²) in [7, 11) is 0. The molecule has 76 valence electrons. The van der Waals surface area contributed by atoms with Crippen molar-refractivity contribution in [1.82, 2.24) is 9.97 Å². The summed E-state index contributed by atoms with van der Waals surface area (Å²) >= 11 is 0. The van der Waals surface area contributed by atoms with Crippen molar-refractivity contribution in [2.45, 2.75) is 6.92 Å². The van der Waals surface area contributed by atoms with Gasteiger partial charge < -0.3 is 14.5 Å². The van der Waals surface area contributed by atoms with Gasteiger partial charge in [-0.15, -0.1) is 0 Å². The Labute approximate surface area is 86.9 Å². The molecule has 4 heteroatoms. The zero-order valence-corrected chi connectivity index (χ0v) is 8.28. The third-order valence-corrected chi connectivity index (χ3v) is 2.35. The van der Waals surface area contributed by atoms with E-state index in [2.05, 4.69) is 9.97 Å². The maximum Gasteiger partial charge on any atom is 0.231 e. The van der Waals surface area contributed by atoms with E-state index in [4.69, 9.17) is 9.47 Å². The minimum absolute atomic E-state index is 0.302. The van der Waals surface area contributed by atoms with Gasteiger partial charge in [0, 0.05) is 17.5 Å². The summed E-state index contributed by atoms with van der Waals surface area (Å²) < 4.78 is 10.5. The zero-order chi connectivity index (χ0) is 10.3. The second-order valence-corrected chi connectivity index (χ2v) is 3.48. The highest BCUT2D eigenvalue weighted by molar-refractivity contribution is 5.61. The van der Waals surface area contributed by atoms with Crippen LogP contribution in [0, 0.1) is 6.92 Å². The Bertz CT molecular complexity index is 505. The first-order chi connectivity index (χ1) is 7.33. The molecule has 2 aromatic rings. The quantitative estimate of drug-likeness (QED) is 0.770. The minimum atomic E-state index is 0.302. The Morgan fingerprint density at radius 1 is 1.27 bits per heavy atom. The number of rotatable bonds is 1. The molecular weight excluding hydrogens is 192 g/mol. The zero-order valence-electron chi connectivity index (χ0n) is 8.28. The fourth-order valence-electron chi connectivity index (χ4n) is 1.60. The minimum Gasteiger partial charge on any atom is -0.454 e. The highest BCUT2D eigenvalue weighted by Gasteiger charge is 2.14. The Kier molecular flexibility index (Phi) is 1.68. The lowest BCUT2D eigenvalue weighted by atomic mass is 10.2. The van der Waals surface area contributed by atoms with Crippen molar-refractivity contribution in [3.05, 3.63) is 30.1 Å². The van der Waals surface area contributed by atoms with Gasteiger partial charge in [0.05, 0.1) is 0 Å². The number of H-pyrrole nitrogens is 1. The van der Waals surface area contributed by atoms with Crippen molar-refractivity contribution in [2.75, 3.05) is 6.79 Å². The van der Waals surface area contributed by atoms with Crippen molar-refractivity contribution in [2.24, 2.45) is 0 Å². The molecule has 1 N–H and O–H groups in total. The second kappa shape index (κ2) is 3.02. The number of ether oxygens (including phenoxy) is 2. The molecule has 0 bridgehead atoms. The molecular formula is C11H10N2O2. The van der Waals surface area contributed by atoms with Crippen LogP contribution in [0.15, 0.2) is 24.4 Å². The van der Waals surface area contributed by atoms with Crippen LogP contribution >= 0.6 is 0 Å². The van der Waals surface area contributed by atoms with Gasteiger partial charge in [-0.2, -0.15) is 0 Å². The molecule has 0 fully saturated rings. The molecule has 0 radical (unpaired) electrons. The maximum atomic E-state index is 5.30. The van der Waals surface area contributed by atoms with Gasteiger partial charge >= 0.3 is 0 Å². The van der Waals surface area contributed by atoms with Gasteiger partial charge in [-0.25, -0.2) is 4.98 Å². The summed E-state index contributed by atoms with van der Waals surface area (Å²) in [5.74, 6) is 2.43. The number of benzene rings is 1. The predicted octanol–water partition coefficient (Wildman–Crippen LogP) is 2.11.